The number of esters is 2. The second-order valence-electron chi connectivity index (χ2n) is 12.4. The molecule has 0 aliphatic heterocycles. The number of hydrogen-bond donors (Lipinski definition) is 3. The zero-order chi connectivity index (χ0) is 37.7. The Morgan fingerprint density at radius 1 is 0.588 bits per heavy atom. The van der Waals surface area contributed by atoms with E-state index in [1.807, 2.05) is 24.3 Å². The summed E-state index contributed by atoms with van der Waals surface area (Å²) in [5, 5.41) is 9.78. The SMILES string of the molecule is CCCCC/C=C\C/C=C\C/C=C\CCCCC(=O)OC[C@H](COP(=O)(O)O)OC(=O)CCC/C=C\C/C=C\C/C=C\C/C=C\[C@H](O)CCCC. The predicted molar refractivity (Wildman–Crippen MR) is 208 cm³/mol. The lowest BCUT2D eigenvalue weighted by molar-refractivity contribution is -0.161. The van der Waals surface area contributed by atoms with Gasteiger partial charge in [-0.2, -0.15) is 0 Å². The van der Waals surface area contributed by atoms with Gasteiger partial charge in [-0.15, -0.1) is 0 Å². The average molecular weight is 735 g/mol. The fourth-order valence-corrected chi connectivity index (χ4v) is 4.93. The lowest BCUT2D eigenvalue weighted by atomic mass is 10.1. The fraction of sp³-hybridized carbons (Fsp3) is 0.610. The van der Waals surface area contributed by atoms with Gasteiger partial charge in [0.1, 0.15) is 6.61 Å². The maximum Gasteiger partial charge on any atom is 0.469 e. The average Bonchev–Trinajstić information content (AvgIpc) is 3.09. The van der Waals surface area contributed by atoms with Crippen LogP contribution in [0.5, 0.6) is 0 Å². The summed E-state index contributed by atoms with van der Waals surface area (Å²) in [5.74, 6) is -1.03. The van der Waals surface area contributed by atoms with Crippen molar-refractivity contribution in [3.8, 4) is 0 Å². The highest BCUT2D eigenvalue weighted by atomic mass is 31.2. The number of aliphatic hydroxyl groups excluding tert-OH is 1. The molecule has 0 spiro atoms. The summed E-state index contributed by atoms with van der Waals surface area (Å²) < 4.78 is 26.2. The van der Waals surface area contributed by atoms with Gasteiger partial charge >= 0.3 is 19.8 Å². The fourth-order valence-electron chi connectivity index (χ4n) is 4.56. The maximum atomic E-state index is 12.3. The van der Waals surface area contributed by atoms with Crippen molar-refractivity contribution in [2.45, 2.75) is 148 Å². The quantitative estimate of drug-likeness (QED) is 0.0260. The molecule has 2 atom stereocenters. The van der Waals surface area contributed by atoms with E-state index in [4.69, 9.17) is 19.3 Å². The molecular weight excluding hydrogens is 667 g/mol. The number of carbonyl (C=O) groups excluding carboxylic acids is 2. The van der Waals surface area contributed by atoms with E-state index >= 15 is 0 Å². The molecule has 0 unspecified atom stereocenters. The highest BCUT2D eigenvalue weighted by Crippen LogP contribution is 2.35. The third-order valence-corrected chi connectivity index (χ3v) is 7.94. The second-order valence-corrected chi connectivity index (χ2v) is 13.6. The minimum atomic E-state index is -4.79. The van der Waals surface area contributed by atoms with Gasteiger partial charge in [0.2, 0.25) is 0 Å². The minimum Gasteiger partial charge on any atom is -0.462 e. The number of rotatable bonds is 33. The van der Waals surface area contributed by atoms with Crippen molar-refractivity contribution in [1.82, 2.24) is 0 Å². The lowest BCUT2D eigenvalue weighted by Crippen LogP contribution is -2.29. The van der Waals surface area contributed by atoms with Crippen LogP contribution in [0.2, 0.25) is 0 Å². The van der Waals surface area contributed by atoms with Gasteiger partial charge in [-0.3, -0.25) is 14.1 Å². The molecule has 3 N–H and O–H groups in total. The molecule has 0 aromatic rings. The molecule has 0 rings (SSSR count). The smallest absolute Gasteiger partial charge is 0.462 e. The topological polar surface area (TPSA) is 140 Å². The van der Waals surface area contributed by atoms with Crippen molar-refractivity contribution in [1.29, 1.82) is 0 Å². The first-order valence-electron chi connectivity index (χ1n) is 19.0. The molecule has 0 aromatic heterocycles. The Balaban J connectivity index is 4.20. The van der Waals surface area contributed by atoms with Crippen molar-refractivity contribution < 1.29 is 43.0 Å². The van der Waals surface area contributed by atoms with E-state index in [1.54, 1.807) is 0 Å². The maximum absolute atomic E-state index is 12.3. The molecule has 0 aliphatic rings. The van der Waals surface area contributed by atoms with E-state index in [-0.39, 0.29) is 25.6 Å². The summed E-state index contributed by atoms with van der Waals surface area (Å²) in [6.07, 6.45) is 43.6. The van der Waals surface area contributed by atoms with Gasteiger partial charge in [0.05, 0.1) is 12.7 Å². The van der Waals surface area contributed by atoms with E-state index in [1.165, 1.54) is 19.3 Å². The standard InChI is InChI=1S/C41H67O9P/c1-3-5-7-8-9-10-11-12-13-14-18-21-24-27-30-34-40(43)48-36-39(37-49-51(45,46)47)50-41(44)35-31-28-25-22-19-16-15-17-20-23-26-29-33-38(42)32-6-4-2/h9-10,12-13,15-16,18,20-23,25,29,33,38-39,42H,3-8,11,14,17,19,24,26-28,30-32,34-37H2,1-2H3,(H2,45,46,47)/b10-9-,13-12-,16-15-,21-18-,23-20-,25-22-,33-29-/t38-,39-/m1/s1. The highest BCUT2D eigenvalue weighted by molar-refractivity contribution is 7.46. The molecule has 0 saturated heterocycles. The van der Waals surface area contributed by atoms with Crippen molar-refractivity contribution >= 4 is 19.8 Å². The second kappa shape index (κ2) is 35.6. The van der Waals surface area contributed by atoms with E-state index in [0.29, 0.717) is 19.3 Å². The molecule has 290 valence electrons. The molecule has 10 heteroatoms. The largest absolute Gasteiger partial charge is 0.469 e. The normalized spacial score (nSPS) is 14.1. The summed E-state index contributed by atoms with van der Waals surface area (Å²) >= 11 is 0. The number of allylic oxidation sites excluding steroid dienone is 13. The summed E-state index contributed by atoms with van der Waals surface area (Å²) in [6, 6.07) is 0. The summed E-state index contributed by atoms with van der Waals surface area (Å²) in [4.78, 5) is 42.7. The van der Waals surface area contributed by atoms with Crippen LogP contribution in [-0.2, 0) is 28.2 Å². The first-order chi connectivity index (χ1) is 24.7. The van der Waals surface area contributed by atoms with E-state index < -0.39 is 32.5 Å². The monoisotopic (exact) mass is 734 g/mol. The summed E-state index contributed by atoms with van der Waals surface area (Å²) in [5.41, 5.74) is 0. The summed E-state index contributed by atoms with van der Waals surface area (Å²) in [7, 11) is -4.79. The Morgan fingerprint density at radius 2 is 1.06 bits per heavy atom. The van der Waals surface area contributed by atoms with Crippen LogP contribution in [-0.4, -0.2) is 52.3 Å². The van der Waals surface area contributed by atoms with E-state index in [9.17, 15) is 19.3 Å². The molecule has 0 radical (unpaired) electrons. The zero-order valence-electron chi connectivity index (χ0n) is 31.3. The van der Waals surface area contributed by atoms with E-state index in [0.717, 1.165) is 70.6 Å². The predicted octanol–water partition coefficient (Wildman–Crippen LogP) is 10.3. The third-order valence-electron chi connectivity index (χ3n) is 7.46. The van der Waals surface area contributed by atoms with Gasteiger partial charge in [-0.05, 0) is 83.5 Å². The number of hydrogen-bond acceptors (Lipinski definition) is 7. The number of phosphoric acid groups is 1. The number of phosphoric ester groups is 1. The Morgan fingerprint density at radius 3 is 1.59 bits per heavy atom. The van der Waals surface area contributed by atoms with Crippen LogP contribution in [0.4, 0.5) is 0 Å². The molecule has 0 saturated carbocycles. The molecule has 0 bridgehead atoms. The lowest BCUT2D eigenvalue weighted by Gasteiger charge is -2.18. The highest BCUT2D eigenvalue weighted by Gasteiger charge is 2.22. The van der Waals surface area contributed by atoms with Crippen LogP contribution in [0.15, 0.2) is 85.1 Å². The van der Waals surface area contributed by atoms with E-state index in [2.05, 4.69) is 79.1 Å². The van der Waals surface area contributed by atoms with Crippen molar-refractivity contribution in [3.63, 3.8) is 0 Å². The molecule has 0 amide bonds. The van der Waals surface area contributed by atoms with Crippen molar-refractivity contribution in [3.05, 3.63) is 85.1 Å². The Labute approximate surface area is 308 Å². The van der Waals surface area contributed by atoms with Gasteiger partial charge in [-0.25, -0.2) is 4.57 Å². The molecule has 0 heterocycles. The molecule has 9 nitrogen and oxygen atoms in total. The van der Waals surface area contributed by atoms with Gasteiger partial charge in [0.25, 0.3) is 0 Å². The van der Waals surface area contributed by atoms with Gasteiger partial charge in [-0.1, -0.05) is 125 Å². The molecule has 0 fully saturated rings. The number of aliphatic hydroxyl groups is 1. The molecular formula is C41H67O9P. The van der Waals surface area contributed by atoms with Crippen LogP contribution in [0.3, 0.4) is 0 Å². The Bertz CT molecular complexity index is 1110. The van der Waals surface area contributed by atoms with Crippen LogP contribution in [0.25, 0.3) is 0 Å². The van der Waals surface area contributed by atoms with Gasteiger partial charge in [0, 0.05) is 12.8 Å². The van der Waals surface area contributed by atoms with Crippen LogP contribution < -0.4 is 0 Å². The van der Waals surface area contributed by atoms with Crippen LogP contribution in [0.1, 0.15) is 136 Å². The first-order valence-corrected chi connectivity index (χ1v) is 20.5. The molecule has 0 aliphatic carbocycles. The van der Waals surface area contributed by atoms with Crippen LogP contribution >= 0.6 is 7.82 Å². The zero-order valence-corrected chi connectivity index (χ0v) is 32.2. The minimum absolute atomic E-state index is 0.106. The Kier molecular flexibility index (Phi) is 33.6. The third kappa shape index (κ3) is 38.3. The van der Waals surface area contributed by atoms with Gasteiger partial charge in [0.15, 0.2) is 6.10 Å². The van der Waals surface area contributed by atoms with Gasteiger partial charge < -0.3 is 24.4 Å². The first kappa shape index (κ1) is 48.2. The Hall–Kier alpha value is -2.81. The van der Waals surface area contributed by atoms with Crippen molar-refractivity contribution in [2.75, 3.05) is 13.2 Å². The summed E-state index contributed by atoms with van der Waals surface area (Å²) in [6.45, 7) is 3.39. The van der Waals surface area contributed by atoms with Crippen molar-refractivity contribution in [2.24, 2.45) is 0 Å². The molecule has 51 heavy (non-hydrogen) atoms. The molecule has 0 aromatic carbocycles. The number of ether oxygens (including phenoxy) is 2. The van der Waals surface area contributed by atoms with Crippen LogP contribution in [0, 0.1) is 0 Å². The number of carbonyl (C=O) groups is 2. The number of unbranched alkanes of at least 4 members (excludes halogenated alkanes) is 7.